The Morgan fingerprint density at radius 3 is 3.20 bits per heavy atom. The van der Waals surface area contributed by atoms with Gasteiger partial charge in [-0.3, -0.25) is 4.98 Å². The number of rotatable bonds is 0. The summed E-state index contributed by atoms with van der Waals surface area (Å²) in [5.74, 6) is 0. The zero-order chi connectivity index (χ0) is 6.97. The first kappa shape index (κ1) is 5.49. The van der Waals surface area contributed by atoms with E-state index in [0.717, 1.165) is 11.4 Å². The van der Waals surface area contributed by atoms with Gasteiger partial charge < -0.3 is 5.73 Å². The van der Waals surface area contributed by atoms with Crippen LogP contribution in [0.25, 0.3) is 0 Å². The second-order valence-electron chi connectivity index (χ2n) is 2.07. The fourth-order valence-electron chi connectivity index (χ4n) is 0.901. The zero-order valence-electron chi connectivity index (χ0n) is 5.23. The van der Waals surface area contributed by atoms with Crippen molar-refractivity contribution in [3.05, 3.63) is 24.0 Å². The quantitative estimate of drug-likeness (QED) is 0.578. The Bertz CT molecular complexity index is 281. The molecule has 0 spiro atoms. The highest BCUT2D eigenvalue weighted by molar-refractivity contribution is 5.44. The van der Waals surface area contributed by atoms with E-state index in [-0.39, 0.29) is 6.17 Å². The van der Waals surface area contributed by atoms with Crippen LogP contribution < -0.4 is 5.73 Å². The molecular weight excluding hydrogens is 128 g/mol. The molecule has 1 atom stereocenters. The molecule has 0 unspecified atom stereocenters. The van der Waals surface area contributed by atoms with Crippen LogP contribution in [0.1, 0.15) is 11.9 Å². The van der Waals surface area contributed by atoms with Crippen LogP contribution in [0.5, 0.6) is 0 Å². The molecule has 4 nitrogen and oxygen atoms in total. The number of pyridine rings is 1. The Balaban J connectivity index is 2.59. The molecular formula is C6H6N4. The van der Waals surface area contributed by atoms with Crippen LogP contribution in [0.2, 0.25) is 0 Å². The van der Waals surface area contributed by atoms with Gasteiger partial charge in [0.05, 0.1) is 0 Å². The van der Waals surface area contributed by atoms with E-state index in [4.69, 9.17) is 5.73 Å². The summed E-state index contributed by atoms with van der Waals surface area (Å²) in [5.41, 5.74) is 7.08. The van der Waals surface area contributed by atoms with Gasteiger partial charge in [0.15, 0.2) is 6.17 Å². The average molecular weight is 134 g/mol. The summed E-state index contributed by atoms with van der Waals surface area (Å²) in [4.78, 5) is 4.03. The predicted octanol–water partition coefficient (Wildman–Crippen LogP) is 1.14. The highest BCUT2D eigenvalue weighted by Gasteiger charge is 2.16. The van der Waals surface area contributed by atoms with E-state index in [1.165, 1.54) is 0 Å². The third-order valence-corrected chi connectivity index (χ3v) is 1.39. The van der Waals surface area contributed by atoms with Crippen molar-refractivity contribution >= 4 is 5.69 Å². The molecule has 2 heterocycles. The smallest absolute Gasteiger partial charge is 0.163 e. The standard InChI is InChI=1S/C6H6N4/c7-6-5-4(9-10-6)2-1-3-8-5/h1-3,6H,7H2/t6-/m1/s1. The summed E-state index contributed by atoms with van der Waals surface area (Å²) in [6, 6.07) is 3.66. The van der Waals surface area contributed by atoms with Crippen molar-refractivity contribution in [2.24, 2.45) is 16.0 Å². The van der Waals surface area contributed by atoms with Gasteiger partial charge in [0.1, 0.15) is 11.4 Å². The fraction of sp³-hybridized carbons (Fsp3) is 0.167. The molecule has 0 aromatic carbocycles. The second kappa shape index (κ2) is 1.85. The molecule has 0 amide bonds. The second-order valence-corrected chi connectivity index (χ2v) is 2.07. The molecule has 1 aromatic heterocycles. The first-order chi connectivity index (χ1) is 4.88. The minimum absolute atomic E-state index is 0.351. The van der Waals surface area contributed by atoms with Gasteiger partial charge in [-0.2, -0.15) is 10.2 Å². The highest BCUT2D eigenvalue weighted by atomic mass is 15.2. The van der Waals surface area contributed by atoms with Crippen molar-refractivity contribution in [3.8, 4) is 0 Å². The van der Waals surface area contributed by atoms with E-state index in [1.807, 2.05) is 12.1 Å². The SMILES string of the molecule is N[C@@H]1N=Nc2cccnc21. The molecule has 0 saturated heterocycles. The summed E-state index contributed by atoms with van der Waals surface area (Å²) in [5, 5.41) is 7.56. The minimum Gasteiger partial charge on any atom is -0.303 e. The molecule has 0 bridgehead atoms. The van der Waals surface area contributed by atoms with E-state index < -0.39 is 0 Å². The number of hydrogen-bond donors (Lipinski definition) is 1. The molecule has 1 aromatic rings. The summed E-state index contributed by atoms with van der Waals surface area (Å²) in [6.45, 7) is 0. The Morgan fingerprint density at radius 2 is 2.40 bits per heavy atom. The normalized spacial score (nSPS) is 21.1. The van der Waals surface area contributed by atoms with Crippen molar-refractivity contribution in [2.75, 3.05) is 0 Å². The zero-order valence-corrected chi connectivity index (χ0v) is 5.23. The van der Waals surface area contributed by atoms with Crippen molar-refractivity contribution in [1.82, 2.24) is 4.98 Å². The Labute approximate surface area is 57.8 Å². The highest BCUT2D eigenvalue weighted by Crippen LogP contribution is 2.29. The summed E-state index contributed by atoms with van der Waals surface area (Å²) < 4.78 is 0. The topological polar surface area (TPSA) is 63.6 Å². The molecule has 1 aliphatic heterocycles. The molecule has 2 N–H and O–H groups in total. The van der Waals surface area contributed by atoms with Crippen LogP contribution in [0.3, 0.4) is 0 Å². The van der Waals surface area contributed by atoms with E-state index >= 15 is 0 Å². The van der Waals surface area contributed by atoms with Gasteiger partial charge in [0, 0.05) is 6.20 Å². The van der Waals surface area contributed by atoms with Crippen molar-refractivity contribution < 1.29 is 0 Å². The van der Waals surface area contributed by atoms with E-state index in [0.29, 0.717) is 0 Å². The van der Waals surface area contributed by atoms with Crippen LogP contribution in [-0.2, 0) is 0 Å². The molecule has 0 fully saturated rings. The summed E-state index contributed by atoms with van der Waals surface area (Å²) in [6.07, 6.45) is 1.34. The maximum Gasteiger partial charge on any atom is 0.163 e. The molecule has 1 aliphatic rings. The van der Waals surface area contributed by atoms with Gasteiger partial charge >= 0.3 is 0 Å². The lowest BCUT2D eigenvalue weighted by Gasteiger charge is -1.96. The molecule has 2 rings (SSSR count). The fourth-order valence-corrected chi connectivity index (χ4v) is 0.901. The number of hydrogen-bond acceptors (Lipinski definition) is 4. The number of nitrogens with two attached hydrogens (primary N) is 1. The van der Waals surface area contributed by atoms with Gasteiger partial charge in [-0.25, -0.2) is 0 Å². The largest absolute Gasteiger partial charge is 0.303 e. The molecule has 4 heteroatoms. The van der Waals surface area contributed by atoms with Crippen LogP contribution >= 0.6 is 0 Å². The van der Waals surface area contributed by atoms with Crippen LogP contribution in [0, 0.1) is 0 Å². The number of nitrogens with zero attached hydrogens (tertiary/aromatic N) is 3. The van der Waals surface area contributed by atoms with Gasteiger partial charge in [-0.1, -0.05) is 0 Å². The van der Waals surface area contributed by atoms with E-state index in [9.17, 15) is 0 Å². The first-order valence-corrected chi connectivity index (χ1v) is 2.99. The lowest BCUT2D eigenvalue weighted by atomic mass is 10.3. The maximum atomic E-state index is 5.52. The monoisotopic (exact) mass is 134 g/mol. The Kier molecular flexibility index (Phi) is 1.01. The first-order valence-electron chi connectivity index (χ1n) is 2.99. The van der Waals surface area contributed by atoms with Crippen molar-refractivity contribution in [2.45, 2.75) is 6.17 Å². The van der Waals surface area contributed by atoms with E-state index in [2.05, 4.69) is 15.2 Å². The molecule has 0 radical (unpaired) electrons. The van der Waals surface area contributed by atoms with Crippen LogP contribution in [0.4, 0.5) is 5.69 Å². The van der Waals surface area contributed by atoms with Crippen LogP contribution in [0.15, 0.2) is 28.6 Å². The van der Waals surface area contributed by atoms with Crippen molar-refractivity contribution in [3.63, 3.8) is 0 Å². The average Bonchev–Trinajstić information content (AvgIpc) is 2.34. The molecule has 0 saturated carbocycles. The number of fused-ring (bicyclic) bond motifs is 1. The van der Waals surface area contributed by atoms with Gasteiger partial charge in [-0.05, 0) is 12.1 Å². The van der Waals surface area contributed by atoms with Gasteiger partial charge in [-0.15, -0.1) is 0 Å². The number of aromatic nitrogens is 1. The Morgan fingerprint density at radius 1 is 1.50 bits per heavy atom. The van der Waals surface area contributed by atoms with Crippen LogP contribution in [-0.4, -0.2) is 4.98 Å². The molecule has 50 valence electrons. The van der Waals surface area contributed by atoms with Gasteiger partial charge in [0.25, 0.3) is 0 Å². The van der Waals surface area contributed by atoms with E-state index in [1.54, 1.807) is 6.20 Å². The third kappa shape index (κ3) is 0.625. The maximum absolute atomic E-state index is 5.52. The predicted molar refractivity (Wildman–Crippen MR) is 35.7 cm³/mol. The summed E-state index contributed by atoms with van der Waals surface area (Å²) in [7, 11) is 0. The van der Waals surface area contributed by atoms with Crippen molar-refractivity contribution in [1.29, 1.82) is 0 Å². The lowest BCUT2D eigenvalue weighted by Crippen LogP contribution is -2.04. The third-order valence-electron chi connectivity index (χ3n) is 1.39. The van der Waals surface area contributed by atoms with Gasteiger partial charge in [0.2, 0.25) is 0 Å². The Hall–Kier alpha value is -1.29. The minimum atomic E-state index is -0.351. The molecule has 10 heavy (non-hydrogen) atoms. The molecule has 0 aliphatic carbocycles. The number of azo groups is 1. The lowest BCUT2D eigenvalue weighted by molar-refractivity contribution is 0.745. The summed E-state index contributed by atoms with van der Waals surface area (Å²) >= 11 is 0.